The molecular weight excluding hydrogens is 244 g/mol. The van der Waals surface area contributed by atoms with Gasteiger partial charge in [0, 0.05) is 13.1 Å². The van der Waals surface area contributed by atoms with Gasteiger partial charge in [0.25, 0.3) is 0 Å². The van der Waals surface area contributed by atoms with Crippen LogP contribution in [0.3, 0.4) is 0 Å². The highest BCUT2D eigenvalue weighted by Crippen LogP contribution is 2.27. The lowest BCUT2D eigenvalue weighted by Crippen LogP contribution is -2.37. The predicted octanol–water partition coefficient (Wildman–Crippen LogP) is 1.72. The first kappa shape index (κ1) is 12.0. The number of imidazole rings is 1. The van der Waals surface area contributed by atoms with Crippen molar-refractivity contribution in [3.05, 3.63) is 23.5 Å². The molecule has 100 valence electrons. The predicted molar refractivity (Wildman–Crippen MR) is 70.7 cm³/mol. The SMILES string of the molecule is Cc1nc2ccc(N(C)C3CCC3)nn2c1C(=O)O. The molecule has 6 nitrogen and oxygen atoms in total. The van der Waals surface area contributed by atoms with Crippen molar-refractivity contribution in [2.45, 2.75) is 32.2 Å². The first-order chi connectivity index (χ1) is 9.08. The van der Waals surface area contributed by atoms with Crippen LogP contribution in [0.4, 0.5) is 5.82 Å². The molecule has 0 spiro atoms. The fraction of sp³-hybridized carbons (Fsp3) is 0.462. The monoisotopic (exact) mass is 260 g/mol. The number of rotatable bonds is 3. The van der Waals surface area contributed by atoms with Gasteiger partial charge in [-0.15, -0.1) is 5.10 Å². The molecule has 2 aromatic heterocycles. The number of carbonyl (C=O) groups is 1. The van der Waals surface area contributed by atoms with Crippen molar-refractivity contribution in [2.75, 3.05) is 11.9 Å². The lowest BCUT2D eigenvalue weighted by Gasteiger charge is -2.35. The highest BCUT2D eigenvalue weighted by Gasteiger charge is 2.24. The number of anilines is 1. The molecule has 1 aliphatic carbocycles. The van der Waals surface area contributed by atoms with E-state index in [9.17, 15) is 9.90 Å². The molecule has 2 heterocycles. The van der Waals surface area contributed by atoms with Crippen LogP contribution in [0, 0.1) is 6.92 Å². The van der Waals surface area contributed by atoms with Crippen molar-refractivity contribution >= 4 is 17.4 Å². The van der Waals surface area contributed by atoms with E-state index < -0.39 is 5.97 Å². The Balaban J connectivity index is 2.08. The highest BCUT2D eigenvalue weighted by molar-refractivity contribution is 5.88. The van der Waals surface area contributed by atoms with Crippen LogP contribution in [0.25, 0.3) is 5.65 Å². The van der Waals surface area contributed by atoms with Gasteiger partial charge in [-0.3, -0.25) is 0 Å². The van der Waals surface area contributed by atoms with E-state index >= 15 is 0 Å². The van der Waals surface area contributed by atoms with Crippen LogP contribution in [-0.2, 0) is 0 Å². The molecule has 0 aliphatic heterocycles. The first-order valence-electron chi connectivity index (χ1n) is 6.40. The molecule has 0 radical (unpaired) electrons. The van der Waals surface area contributed by atoms with Crippen LogP contribution in [0.15, 0.2) is 12.1 Å². The molecule has 1 fully saturated rings. The van der Waals surface area contributed by atoms with Crippen LogP contribution in [0.2, 0.25) is 0 Å². The third-order valence-electron chi connectivity index (χ3n) is 3.82. The van der Waals surface area contributed by atoms with Gasteiger partial charge in [-0.05, 0) is 38.3 Å². The minimum absolute atomic E-state index is 0.138. The van der Waals surface area contributed by atoms with Gasteiger partial charge in [-0.1, -0.05) is 0 Å². The quantitative estimate of drug-likeness (QED) is 0.910. The summed E-state index contributed by atoms with van der Waals surface area (Å²) in [6.07, 6.45) is 3.59. The summed E-state index contributed by atoms with van der Waals surface area (Å²) in [7, 11) is 2.00. The van der Waals surface area contributed by atoms with E-state index in [0.717, 1.165) is 5.82 Å². The molecule has 0 bridgehead atoms. The van der Waals surface area contributed by atoms with Crippen molar-refractivity contribution in [1.82, 2.24) is 14.6 Å². The van der Waals surface area contributed by atoms with E-state index in [-0.39, 0.29) is 5.69 Å². The summed E-state index contributed by atoms with van der Waals surface area (Å²) < 4.78 is 1.42. The maximum absolute atomic E-state index is 11.3. The number of carboxylic acids is 1. The summed E-state index contributed by atoms with van der Waals surface area (Å²) in [5.41, 5.74) is 1.20. The van der Waals surface area contributed by atoms with Crippen LogP contribution in [0.5, 0.6) is 0 Å². The van der Waals surface area contributed by atoms with Crippen molar-refractivity contribution in [3.8, 4) is 0 Å². The van der Waals surface area contributed by atoms with E-state index in [1.807, 2.05) is 19.2 Å². The molecule has 2 aromatic rings. The molecule has 6 heteroatoms. The number of hydrogen-bond acceptors (Lipinski definition) is 4. The molecule has 3 rings (SSSR count). The van der Waals surface area contributed by atoms with Gasteiger partial charge in [0.15, 0.2) is 11.3 Å². The molecule has 1 saturated carbocycles. The van der Waals surface area contributed by atoms with E-state index in [1.165, 1.54) is 23.8 Å². The molecule has 19 heavy (non-hydrogen) atoms. The van der Waals surface area contributed by atoms with Crippen molar-refractivity contribution in [3.63, 3.8) is 0 Å². The largest absolute Gasteiger partial charge is 0.476 e. The standard InChI is InChI=1S/C13H16N4O2/c1-8-12(13(18)19)17-10(14-8)6-7-11(15-17)16(2)9-4-3-5-9/h6-7,9H,3-5H2,1-2H3,(H,18,19). The minimum Gasteiger partial charge on any atom is -0.476 e. The zero-order valence-electron chi connectivity index (χ0n) is 11.0. The third-order valence-corrected chi connectivity index (χ3v) is 3.82. The van der Waals surface area contributed by atoms with Gasteiger partial charge in [0.05, 0.1) is 5.69 Å². The Labute approximate surface area is 110 Å². The van der Waals surface area contributed by atoms with E-state index in [4.69, 9.17) is 0 Å². The number of hydrogen-bond donors (Lipinski definition) is 1. The van der Waals surface area contributed by atoms with Crippen molar-refractivity contribution < 1.29 is 9.90 Å². The number of fused-ring (bicyclic) bond motifs is 1. The van der Waals surface area contributed by atoms with Crippen LogP contribution in [-0.4, -0.2) is 38.8 Å². The van der Waals surface area contributed by atoms with E-state index in [2.05, 4.69) is 15.0 Å². The smallest absolute Gasteiger partial charge is 0.356 e. The number of aryl methyl sites for hydroxylation is 1. The summed E-state index contributed by atoms with van der Waals surface area (Å²) in [4.78, 5) is 17.6. The summed E-state index contributed by atoms with van der Waals surface area (Å²) >= 11 is 0. The molecule has 0 amide bonds. The summed E-state index contributed by atoms with van der Waals surface area (Å²) in [5.74, 6) is -0.210. The van der Waals surface area contributed by atoms with Crippen molar-refractivity contribution in [2.24, 2.45) is 0 Å². The Bertz CT molecular complexity index is 645. The Hall–Kier alpha value is -2.11. The summed E-state index contributed by atoms with van der Waals surface area (Å²) in [5, 5.41) is 13.7. The molecule has 0 atom stereocenters. The number of carboxylic acid groups (broad SMARTS) is 1. The second kappa shape index (κ2) is 4.22. The second-order valence-electron chi connectivity index (χ2n) is 5.01. The second-order valence-corrected chi connectivity index (χ2v) is 5.01. The van der Waals surface area contributed by atoms with Gasteiger partial charge >= 0.3 is 5.97 Å². The number of nitrogens with zero attached hydrogens (tertiary/aromatic N) is 4. The molecule has 0 unspecified atom stereocenters. The topological polar surface area (TPSA) is 70.7 Å². The van der Waals surface area contributed by atoms with Gasteiger partial charge in [-0.25, -0.2) is 14.3 Å². The lowest BCUT2D eigenvalue weighted by atomic mass is 9.92. The number of aromatic carboxylic acids is 1. The average Bonchev–Trinajstić information content (AvgIpc) is 2.61. The van der Waals surface area contributed by atoms with Crippen LogP contribution < -0.4 is 4.90 Å². The highest BCUT2D eigenvalue weighted by atomic mass is 16.4. The third kappa shape index (κ3) is 1.83. The van der Waals surface area contributed by atoms with Crippen molar-refractivity contribution in [1.29, 1.82) is 0 Å². The average molecular weight is 260 g/mol. The van der Waals surface area contributed by atoms with Gasteiger partial charge < -0.3 is 10.0 Å². The van der Waals surface area contributed by atoms with Crippen LogP contribution >= 0.6 is 0 Å². The number of aromatic nitrogens is 3. The maximum atomic E-state index is 11.3. The fourth-order valence-corrected chi connectivity index (χ4v) is 2.43. The molecule has 0 saturated heterocycles. The summed E-state index contributed by atoms with van der Waals surface area (Å²) in [6.45, 7) is 1.69. The Morgan fingerprint density at radius 3 is 2.79 bits per heavy atom. The van der Waals surface area contributed by atoms with E-state index in [1.54, 1.807) is 6.92 Å². The van der Waals surface area contributed by atoms with Gasteiger partial charge in [0.1, 0.15) is 5.82 Å². The Morgan fingerprint density at radius 2 is 2.21 bits per heavy atom. The molecule has 0 aromatic carbocycles. The minimum atomic E-state index is -0.999. The maximum Gasteiger partial charge on any atom is 0.356 e. The molecule has 1 aliphatic rings. The summed E-state index contributed by atoms with van der Waals surface area (Å²) in [6, 6.07) is 4.23. The van der Waals surface area contributed by atoms with Gasteiger partial charge in [-0.2, -0.15) is 0 Å². The molecule has 1 N–H and O–H groups in total. The van der Waals surface area contributed by atoms with Gasteiger partial charge in [0.2, 0.25) is 0 Å². The van der Waals surface area contributed by atoms with E-state index in [0.29, 0.717) is 17.4 Å². The molecular formula is C13H16N4O2. The lowest BCUT2D eigenvalue weighted by molar-refractivity contribution is 0.0687. The zero-order valence-corrected chi connectivity index (χ0v) is 11.0. The van der Waals surface area contributed by atoms with Crippen LogP contribution in [0.1, 0.15) is 35.4 Å². The Morgan fingerprint density at radius 1 is 1.47 bits per heavy atom. The fourth-order valence-electron chi connectivity index (χ4n) is 2.43. The Kier molecular flexibility index (Phi) is 2.66. The first-order valence-corrected chi connectivity index (χ1v) is 6.40. The normalized spacial score (nSPS) is 15.5. The zero-order chi connectivity index (χ0) is 13.6.